The molecule has 4 rings (SSSR count). The van der Waals surface area contributed by atoms with E-state index in [1.54, 1.807) is 29.2 Å². The van der Waals surface area contributed by atoms with Gasteiger partial charge in [-0.25, -0.2) is 23.2 Å². The van der Waals surface area contributed by atoms with E-state index in [-0.39, 0.29) is 28.9 Å². The number of fused-ring (bicyclic) bond motifs is 1. The van der Waals surface area contributed by atoms with Crippen LogP contribution < -0.4 is 4.74 Å². The van der Waals surface area contributed by atoms with Gasteiger partial charge in [0.15, 0.2) is 9.84 Å². The Morgan fingerprint density at radius 1 is 1.15 bits per heavy atom. The zero-order chi connectivity index (χ0) is 24.6. The molecule has 10 heteroatoms. The second-order valence-corrected chi connectivity index (χ2v) is 12.1. The van der Waals surface area contributed by atoms with Crippen molar-refractivity contribution in [3.63, 3.8) is 0 Å². The molecule has 0 radical (unpaired) electrons. The predicted octanol–water partition coefficient (Wildman–Crippen LogP) is 4.94. The standard InChI is InChI=1S/C24H29N3O5S2/c1-14(2)21-13-17(11-12-27(21)24(28)29)15(3)32-23-26-20-10-9-19(25-22(20)33-23)16-5-7-18(8-6-16)34(4,30)31/h5-10,14-15,17,21H,11-13H2,1-4H3,(H,28,29). The Kier molecular flexibility index (Phi) is 6.82. The van der Waals surface area contributed by atoms with Crippen LogP contribution in [0.3, 0.4) is 0 Å². The Labute approximate surface area is 203 Å². The maximum Gasteiger partial charge on any atom is 0.407 e. The fourth-order valence-corrected chi connectivity index (χ4v) is 5.96. The van der Waals surface area contributed by atoms with Gasteiger partial charge in [0.2, 0.25) is 0 Å². The van der Waals surface area contributed by atoms with Crippen molar-refractivity contribution in [1.29, 1.82) is 0 Å². The molecule has 3 heterocycles. The number of thiazole rings is 1. The molecular formula is C24H29N3O5S2. The summed E-state index contributed by atoms with van der Waals surface area (Å²) in [6.07, 6.45) is 1.76. The number of ether oxygens (including phenoxy) is 1. The van der Waals surface area contributed by atoms with Crippen LogP contribution in [0.2, 0.25) is 0 Å². The molecule has 1 saturated heterocycles. The molecule has 0 aliphatic carbocycles. The van der Waals surface area contributed by atoms with Gasteiger partial charge in [-0.1, -0.05) is 37.3 Å². The quantitative estimate of drug-likeness (QED) is 0.507. The fourth-order valence-electron chi connectivity index (χ4n) is 4.46. The summed E-state index contributed by atoms with van der Waals surface area (Å²) < 4.78 is 29.6. The van der Waals surface area contributed by atoms with Gasteiger partial charge in [-0.2, -0.15) is 0 Å². The van der Waals surface area contributed by atoms with Crippen LogP contribution in [0, 0.1) is 11.8 Å². The number of rotatable bonds is 6. The Morgan fingerprint density at radius 2 is 1.85 bits per heavy atom. The molecule has 3 unspecified atom stereocenters. The molecule has 1 fully saturated rings. The second kappa shape index (κ2) is 9.50. The first-order valence-corrected chi connectivity index (χ1v) is 14.0. The molecule has 0 spiro atoms. The summed E-state index contributed by atoms with van der Waals surface area (Å²) in [6.45, 7) is 6.65. The molecule has 1 aromatic carbocycles. The third-order valence-electron chi connectivity index (χ3n) is 6.47. The first-order chi connectivity index (χ1) is 16.0. The molecule has 34 heavy (non-hydrogen) atoms. The Morgan fingerprint density at radius 3 is 2.47 bits per heavy atom. The highest BCUT2D eigenvalue weighted by molar-refractivity contribution is 7.90. The lowest BCUT2D eigenvalue weighted by Gasteiger charge is -2.41. The van der Waals surface area contributed by atoms with Crippen LogP contribution in [-0.4, -0.2) is 59.4 Å². The van der Waals surface area contributed by atoms with Gasteiger partial charge < -0.3 is 14.7 Å². The van der Waals surface area contributed by atoms with Crippen LogP contribution in [0.4, 0.5) is 4.79 Å². The van der Waals surface area contributed by atoms with Gasteiger partial charge in [-0.15, -0.1) is 0 Å². The molecule has 1 aliphatic heterocycles. The van der Waals surface area contributed by atoms with E-state index < -0.39 is 15.9 Å². The average molecular weight is 504 g/mol. The SMILES string of the molecule is CC(C)C1CC(C(C)Oc2nc3ccc(-c4ccc(S(C)(=O)=O)cc4)nc3s2)CCN1C(=O)O. The zero-order valence-electron chi connectivity index (χ0n) is 19.6. The highest BCUT2D eigenvalue weighted by Gasteiger charge is 2.36. The summed E-state index contributed by atoms with van der Waals surface area (Å²) in [5, 5.41) is 10.0. The lowest BCUT2D eigenvalue weighted by molar-refractivity contribution is 0.0356. The minimum absolute atomic E-state index is 0.0176. The van der Waals surface area contributed by atoms with Crippen LogP contribution in [0.15, 0.2) is 41.3 Å². The molecular weight excluding hydrogens is 474 g/mol. The highest BCUT2D eigenvalue weighted by Crippen LogP contribution is 2.34. The van der Waals surface area contributed by atoms with Gasteiger partial charge in [-0.05, 0) is 55.9 Å². The number of aromatic nitrogens is 2. The van der Waals surface area contributed by atoms with Crippen molar-refractivity contribution in [2.75, 3.05) is 12.8 Å². The van der Waals surface area contributed by atoms with Crippen molar-refractivity contribution >= 4 is 37.6 Å². The second-order valence-electron chi connectivity index (χ2n) is 9.19. The normalized spacial score (nSPS) is 20.0. The molecule has 182 valence electrons. The molecule has 1 aliphatic rings. The molecule has 3 aromatic rings. The summed E-state index contributed by atoms with van der Waals surface area (Å²) >= 11 is 1.37. The molecule has 1 N–H and O–H groups in total. The van der Waals surface area contributed by atoms with Crippen molar-refractivity contribution in [3.05, 3.63) is 36.4 Å². The Hall–Kier alpha value is -2.72. The molecule has 2 aromatic heterocycles. The van der Waals surface area contributed by atoms with Gasteiger partial charge in [-0.3, -0.25) is 0 Å². The molecule has 1 amide bonds. The van der Waals surface area contributed by atoms with Crippen molar-refractivity contribution in [1.82, 2.24) is 14.9 Å². The van der Waals surface area contributed by atoms with Gasteiger partial charge in [0.1, 0.15) is 16.5 Å². The number of piperidine rings is 1. The highest BCUT2D eigenvalue weighted by atomic mass is 32.2. The molecule has 8 nitrogen and oxygen atoms in total. The number of sulfone groups is 1. The van der Waals surface area contributed by atoms with Gasteiger partial charge in [0.25, 0.3) is 5.19 Å². The smallest absolute Gasteiger partial charge is 0.407 e. The van der Waals surface area contributed by atoms with Gasteiger partial charge in [0.05, 0.1) is 10.6 Å². The number of carboxylic acid groups (broad SMARTS) is 1. The van der Waals surface area contributed by atoms with E-state index >= 15 is 0 Å². The fraction of sp³-hybridized carbons (Fsp3) is 0.458. The van der Waals surface area contributed by atoms with E-state index in [1.165, 1.54) is 17.6 Å². The van der Waals surface area contributed by atoms with Crippen molar-refractivity contribution in [2.45, 2.75) is 50.7 Å². The van der Waals surface area contributed by atoms with Gasteiger partial charge in [0, 0.05) is 24.4 Å². The number of hydrogen-bond donors (Lipinski definition) is 1. The number of likely N-dealkylation sites (tertiary alicyclic amines) is 1. The number of amides is 1. The Balaban J connectivity index is 1.48. The van der Waals surface area contributed by atoms with Crippen molar-refractivity contribution in [2.24, 2.45) is 11.8 Å². The maximum atomic E-state index is 11.7. The van der Waals surface area contributed by atoms with E-state index in [2.05, 4.69) is 18.8 Å². The topological polar surface area (TPSA) is 110 Å². The third kappa shape index (κ3) is 5.17. The van der Waals surface area contributed by atoms with E-state index in [0.29, 0.717) is 11.7 Å². The van der Waals surface area contributed by atoms with Gasteiger partial charge >= 0.3 is 6.09 Å². The molecule has 0 bridgehead atoms. The van der Waals surface area contributed by atoms with E-state index in [1.807, 2.05) is 19.1 Å². The maximum absolute atomic E-state index is 11.7. The predicted molar refractivity (Wildman–Crippen MR) is 132 cm³/mol. The summed E-state index contributed by atoms with van der Waals surface area (Å²) in [7, 11) is -3.25. The number of benzene rings is 1. The molecule has 3 atom stereocenters. The summed E-state index contributed by atoms with van der Waals surface area (Å²) in [6, 6.07) is 10.4. The minimum atomic E-state index is -3.25. The van der Waals surface area contributed by atoms with Crippen LogP contribution in [-0.2, 0) is 9.84 Å². The number of carbonyl (C=O) groups is 1. The van der Waals surface area contributed by atoms with Crippen LogP contribution in [0.25, 0.3) is 21.6 Å². The number of nitrogens with zero attached hydrogens (tertiary/aromatic N) is 3. The van der Waals surface area contributed by atoms with Crippen LogP contribution in [0.1, 0.15) is 33.6 Å². The minimum Gasteiger partial charge on any atom is -0.467 e. The molecule has 0 saturated carbocycles. The monoisotopic (exact) mass is 503 g/mol. The third-order valence-corrected chi connectivity index (χ3v) is 8.45. The summed E-state index contributed by atoms with van der Waals surface area (Å²) in [4.78, 5) is 23.4. The summed E-state index contributed by atoms with van der Waals surface area (Å²) in [5.74, 6) is 0.481. The summed E-state index contributed by atoms with van der Waals surface area (Å²) in [5.41, 5.74) is 2.30. The van der Waals surface area contributed by atoms with E-state index in [4.69, 9.17) is 9.72 Å². The van der Waals surface area contributed by atoms with E-state index in [9.17, 15) is 18.3 Å². The number of pyridine rings is 1. The van der Waals surface area contributed by atoms with E-state index in [0.717, 1.165) is 34.4 Å². The lowest BCUT2D eigenvalue weighted by Crippen LogP contribution is -2.50. The first kappa shape index (κ1) is 24.4. The lowest BCUT2D eigenvalue weighted by atomic mass is 9.83. The average Bonchev–Trinajstić information content (AvgIpc) is 3.19. The van der Waals surface area contributed by atoms with Crippen LogP contribution >= 0.6 is 11.3 Å². The first-order valence-electron chi connectivity index (χ1n) is 11.3. The zero-order valence-corrected chi connectivity index (χ0v) is 21.3. The van der Waals surface area contributed by atoms with Crippen molar-refractivity contribution < 1.29 is 23.1 Å². The largest absolute Gasteiger partial charge is 0.467 e. The number of hydrogen-bond acceptors (Lipinski definition) is 7. The Bertz CT molecular complexity index is 1290. The van der Waals surface area contributed by atoms with Crippen molar-refractivity contribution in [3.8, 4) is 16.5 Å². The van der Waals surface area contributed by atoms with Crippen LogP contribution in [0.5, 0.6) is 5.19 Å².